The van der Waals surface area contributed by atoms with Gasteiger partial charge in [0.15, 0.2) is 0 Å². The molecule has 0 radical (unpaired) electrons. The van der Waals surface area contributed by atoms with E-state index < -0.39 is 10.0 Å². The first-order valence-electron chi connectivity index (χ1n) is 6.92. The zero-order valence-electron chi connectivity index (χ0n) is 12.0. The van der Waals surface area contributed by atoms with Crippen molar-refractivity contribution in [3.8, 4) is 0 Å². The Labute approximate surface area is 126 Å². The molecule has 1 saturated heterocycles. The van der Waals surface area contributed by atoms with Crippen LogP contribution in [0.25, 0.3) is 0 Å². The lowest BCUT2D eigenvalue weighted by Gasteiger charge is -2.33. The molecular weight excluding hydrogens is 298 g/mol. The molecule has 2 rings (SSSR count). The van der Waals surface area contributed by atoms with Crippen molar-refractivity contribution >= 4 is 21.6 Å². The van der Waals surface area contributed by atoms with Gasteiger partial charge in [-0.3, -0.25) is 0 Å². The molecule has 1 aliphatic rings. The summed E-state index contributed by atoms with van der Waals surface area (Å²) in [4.78, 5) is 2.65. The van der Waals surface area contributed by atoms with Gasteiger partial charge in [-0.05, 0) is 19.0 Å². The van der Waals surface area contributed by atoms with Crippen LogP contribution in [0.15, 0.2) is 17.2 Å². The van der Waals surface area contributed by atoms with E-state index in [1.165, 1.54) is 0 Å². The standard InChI is InChI=1S/C13H22ClN3O2S/c1-3-4-16-5-7-17(8-6-16)20(18,19)13-9-12(10-14)15(2)11-13/h9,11H,3-8,10H2,1-2H3. The summed E-state index contributed by atoms with van der Waals surface area (Å²) in [5, 5.41) is 0. The smallest absolute Gasteiger partial charge is 0.244 e. The highest BCUT2D eigenvalue weighted by Gasteiger charge is 2.29. The average molecular weight is 320 g/mol. The van der Waals surface area contributed by atoms with Gasteiger partial charge in [0.1, 0.15) is 4.90 Å². The predicted octanol–water partition coefficient (Wildman–Crippen LogP) is 1.48. The van der Waals surface area contributed by atoms with Gasteiger partial charge in [-0.15, -0.1) is 11.6 Å². The number of rotatable bonds is 5. The lowest BCUT2D eigenvalue weighted by atomic mass is 10.3. The van der Waals surface area contributed by atoms with Crippen molar-refractivity contribution in [2.24, 2.45) is 7.05 Å². The van der Waals surface area contributed by atoms with Gasteiger partial charge >= 0.3 is 0 Å². The molecular formula is C13H22ClN3O2S. The van der Waals surface area contributed by atoms with Crippen LogP contribution in [0, 0.1) is 0 Å². The van der Waals surface area contributed by atoms with E-state index in [2.05, 4.69) is 11.8 Å². The van der Waals surface area contributed by atoms with Crippen LogP contribution in [0.2, 0.25) is 0 Å². The maximum Gasteiger partial charge on any atom is 0.244 e. The van der Waals surface area contributed by atoms with E-state index in [9.17, 15) is 8.42 Å². The Kier molecular flexibility index (Phi) is 5.12. The summed E-state index contributed by atoms with van der Waals surface area (Å²) >= 11 is 5.80. The fourth-order valence-corrected chi connectivity index (χ4v) is 4.29. The second-order valence-corrected chi connectivity index (χ2v) is 7.36. The first-order valence-corrected chi connectivity index (χ1v) is 8.90. The molecule has 5 nitrogen and oxygen atoms in total. The minimum atomic E-state index is -3.38. The quantitative estimate of drug-likeness (QED) is 0.772. The van der Waals surface area contributed by atoms with Crippen LogP contribution in [-0.4, -0.2) is 54.9 Å². The summed E-state index contributed by atoms with van der Waals surface area (Å²) in [6, 6.07) is 1.67. The third-order valence-electron chi connectivity index (χ3n) is 3.73. The fraction of sp³-hybridized carbons (Fsp3) is 0.692. The number of hydrogen-bond donors (Lipinski definition) is 0. The molecule has 0 atom stereocenters. The SMILES string of the molecule is CCCN1CCN(S(=O)(=O)c2cc(CCl)n(C)c2)CC1. The number of sulfonamides is 1. The van der Waals surface area contributed by atoms with Crippen molar-refractivity contribution in [3.63, 3.8) is 0 Å². The van der Waals surface area contributed by atoms with Crippen LogP contribution in [0.5, 0.6) is 0 Å². The lowest BCUT2D eigenvalue weighted by molar-refractivity contribution is 0.188. The number of nitrogens with zero attached hydrogens (tertiary/aromatic N) is 3. The summed E-state index contributed by atoms with van der Waals surface area (Å²) in [7, 11) is -1.57. The molecule has 0 amide bonds. The third-order valence-corrected chi connectivity index (χ3v) is 5.87. The van der Waals surface area contributed by atoms with Gasteiger partial charge in [0.2, 0.25) is 10.0 Å². The van der Waals surface area contributed by atoms with E-state index in [1.54, 1.807) is 21.1 Å². The maximum atomic E-state index is 12.6. The van der Waals surface area contributed by atoms with Crippen LogP contribution in [0.1, 0.15) is 19.0 Å². The molecule has 1 aliphatic heterocycles. The second kappa shape index (κ2) is 6.47. The third kappa shape index (κ3) is 3.19. The van der Waals surface area contributed by atoms with E-state index in [4.69, 9.17) is 11.6 Å². The van der Waals surface area contributed by atoms with Gasteiger partial charge in [-0.1, -0.05) is 6.92 Å². The number of halogens is 1. The van der Waals surface area contributed by atoms with Crippen LogP contribution >= 0.6 is 11.6 Å². The van der Waals surface area contributed by atoms with Crippen molar-refractivity contribution in [1.82, 2.24) is 13.8 Å². The molecule has 20 heavy (non-hydrogen) atoms. The summed E-state index contributed by atoms with van der Waals surface area (Å²) in [5.74, 6) is 0.316. The zero-order valence-corrected chi connectivity index (χ0v) is 13.6. The van der Waals surface area contributed by atoms with Crippen LogP contribution in [0.4, 0.5) is 0 Å². The Morgan fingerprint density at radius 2 is 1.90 bits per heavy atom. The predicted molar refractivity (Wildman–Crippen MR) is 80.5 cm³/mol. The molecule has 0 unspecified atom stereocenters. The van der Waals surface area contributed by atoms with Crippen molar-refractivity contribution in [3.05, 3.63) is 18.0 Å². The van der Waals surface area contributed by atoms with Crippen molar-refractivity contribution < 1.29 is 8.42 Å². The van der Waals surface area contributed by atoms with E-state index in [1.807, 2.05) is 7.05 Å². The molecule has 0 N–H and O–H groups in total. The Balaban J connectivity index is 2.11. The Bertz CT molecular complexity index is 548. The first-order chi connectivity index (χ1) is 9.48. The van der Waals surface area contributed by atoms with E-state index in [-0.39, 0.29) is 0 Å². The highest BCUT2D eigenvalue weighted by molar-refractivity contribution is 7.89. The molecule has 0 aromatic carbocycles. The van der Waals surface area contributed by atoms with Crippen LogP contribution < -0.4 is 0 Å². The number of alkyl halides is 1. The monoisotopic (exact) mass is 319 g/mol. The molecule has 0 saturated carbocycles. The van der Waals surface area contributed by atoms with Crippen LogP contribution in [-0.2, 0) is 23.0 Å². The Hall–Kier alpha value is -0.560. The number of aryl methyl sites for hydroxylation is 1. The molecule has 1 aromatic heterocycles. The van der Waals surface area contributed by atoms with E-state index >= 15 is 0 Å². The van der Waals surface area contributed by atoms with Gasteiger partial charge in [0.05, 0.1) is 5.88 Å². The van der Waals surface area contributed by atoms with Gasteiger partial charge < -0.3 is 9.47 Å². The molecule has 7 heteroatoms. The molecule has 0 bridgehead atoms. The Morgan fingerprint density at radius 3 is 2.40 bits per heavy atom. The number of aromatic nitrogens is 1. The van der Waals surface area contributed by atoms with Crippen molar-refractivity contribution in [1.29, 1.82) is 0 Å². The maximum absolute atomic E-state index is 12.6. The highest BCUT2D eigenvalue weighted by Crippen LogP contribution is 2.20. The van der Waals surface area contributed by atoms with Crippen LogP contribution in [0.3, 0.4) is 0 Å². The lowest BCUT2D eigenvalue weighted by Crippen LogP contribution is -2.48. The summed E-state index contributed by atoms with van der Waals surface area (Å²) in [6.45, 7) is 5.92. The average Bonchev–Trinajstić information content (AvgIpc) is 2.82. The van der Waals surface area contributed by atoms with E-state index in [0.717, 1.165) is 31.7 Å². The summed E-state index contributed by atoms with van der Waals surface area (Å²) < 4.78 is 28.5. The minimum absolute atomic E-state index is 0.316. The fourth-order valence-electron chi connectivity index (χ4n) is 2.51. The number of piperazine rings is 1. The van der Waals surface area contributed by atoms with Gasteiger partial charge in [0, 0.05) is 45.1 Å². The highest BCUT2D eigenvalue weighted by atomic mass is 35.5. The Morgan fingerprint density at radius 1 is 1.25 bits per heavy atom. The van der Waals surface area contributed by atoms with Gasteiger partial charge in [-0.25, -0.2) is 8.42 Å². The second-order valence-electron chi connectivity index (χ2n) is 5.16. The summed E-state index contributed by atoms with van der Waals surface area (Å²) in [6.07, 6.45) is 2.75. The number of hydrogen-bond acceptors (Lipinski definition) is 3. The molecule has 2 heterocycles. The van der Waals surface area contributed by atoms with E-state index in [0.29, 0.717) is 23.9 Å². The summed E-state index contributed by atoms with van der Waals surface area (Å²) in [5.41, 5.74) is 0.815. The normalized spacial score (nSPS) is 18.6. The molecule has 1 aromatic rings. The zero-order chi connectivity index (χ0) is 14.8. The van der Waals surface area contributed by atoms with Crippen molar-refractivity contribution in [2.45, 2.75) is 24.1 Å². The molecule has 0 spiro atoms. The van der Waals surface area contributed by atoms with Gasteiger partial charge in [0.25, 0.3) is 0 Å². The minimum Gasteiger partial charge on any atom is -0.352 e. The molecule has 114 valence electrons. The molecule has 0 aliphatic carbocycles. The topological polar surface area (TPSA) is 45.6 Å². The molecule has 1 fully saturated rings. The first kappa shape index (κ1) is 15.8. The largest absolute Gasteiger partial charge is 0.352 e. The van der Waals surface area contributed by atoms with Crippen molar-refractivity contribution in [2.75, 3.05) is 32.7 Å². The van der Waals surface area contributed by atoms with Gasteiger partial charge in [-0.2, -0.15) is 4.31 Å².